The number of benzene rings is 3. The van der Waals surface area contributed by atoms with E-state index < -0.39 is 0 Å². The summed E-state index contributed by atoms with van der Waals surface area (Å²) in [5, 5.41) is 5.05. The van der Waals surface area contributed by atoms with E-state index in [0.717, 1.165) is 37.6 Å². The first kappa shape index (κ1) is 21.5. The molecule has 0 aliphatic heterocycles. The zero-order valence-corrected chi connectivity index (χ0v) is 18.4. The lowest BCUT2D eigenvalue weighted by molar-refractivity contribution is 0.258. The molecular weight excluding hydrogens is 356 g/mol. The summed E-state index contributed by atoms with van der Waals surface area (Å²) in [7, 11) is 0. The van der Waals surface area contributed by atoms with Crippen LogP contribution in [0.3, 0.4) is 0 Å². The van der Waals surface area contributed by atoms with Gasteiger partial charge in [0.15, 0.2) is 11.5 Å². The van der Waals surface area contributed by atoms with Crippen molar-refractivity contribution >= 4 is 21.5 Å². The third-order valence-corrected chi connectivity index (χ3v) is 5.71. The lowest BCUT2D eigenvalue weighted by Gasteiger charge is -2.18. The number of hydrogen-bond acceptors (Lipinski definition) is 2. The van der Waals surface area contributed by atoms with E-state index in [1.165, 1.54) is 65.6 Å². The second kappa shape index (κ2) is 11.1. The van der Waals surface area contributed by atoms with Crippen molar-refractivity contribution in [3.63, 3.8) is 0 Å². The average molecular weight is 393 g/mol. The highest BCUT2D eigenvalue weighted by Gasteiger charge is 2.15. The summed E-state index contributed by atoms with van der Waals surface area (Å²) in [5.74, 6) is 1.83. The van der Waals surface area contributed by atoms with E-state index in [4.69, 9.17) is 9.47 Å². The Morgan fingerprint density at radius 3 is 2.07 bits per heavy atom. The van der Waals surface area contributed by atoms with Gasteiger partial charge >= 0.3 is 0 Å². The molecule has 3 rings (SSSR count). The van der Waals surface area contributed by atoms with E-state index in [1.807, 2.05) is 0 Å². The first-order valence-corrected chi connectivity index (χ1v) is 11.5. The lowest BCUT2D eigenvalue weighted by atomic mass is 9.98. The molecule has 0 saturated carbocycles. The SMILES string of the molecule is CCCCCCOc1cc2c(ccc3ccccc32)c(C)c1OCCCCCC. The highest BCUT2D eigenvalue weighted by molar-refractivity contribution is 6.09. The summed E-state index contributed by atoms with van der Waals surface area (Å²) in [4.78, 5) is 0. The van der Waals surface area contributed by atoms with Crippen LogP contribution in [-0.4, -0.2) is 13.2 Å². The minimum absolute atomic E-state index is 0.752. The molecule has 29 heavy (non-hydrogen) atoms. The topological polar surface area (TPSA) is 18.5 Å². The minimum atomic E-state index is 0.752. The predicted molar refractivity (Wildman–Crippen MR) is 125 cm³/mol. The quantitative estimate of drug-likeness (QED) is 0.228. The van der Waals surface area contributed by atoms with E-state index >= 15 is 0 Å². The molecular formula is C27H36O2. The van der Waals surface area contributed by atoms with Crippen LogP contribution in [0.25, 0.3) is 21.5 Å². The van der Waals surface area contributed by atoms with Gasteiger partial charge in [-0.15, -0.1) is 0 Å². The highest BCUT2D eigenvalue weighted by atomic mass is 16.5. The number of aryl methyl sites for hydroxylation is 1. The smallest absolute Gasteiger partial charge is 0.164 e. The first-order valence-electron chi connectivity index (χ1n) is 11.5. The maximum Gasteiger partial charge on any atom is 0.164 e. The van der Waals surface area contributed by atoms with Crippen molar-refractivity contribution in [1.29, 1.82) is 0 Å². The fourth-order valence-electron chi connectivity index (χ4n) is 3.98. The second-order valence-corrected chi connectivity index (χ2v) is 8.03. The fraction of sp³-hybridized carbons (Fsp3) is 0.481. The van der Waals surface area contributed by atoms with Crippen molar-refractivity contribution in [2.45, 2.75) is 72.1 Å². The van der Waals surface area contributed by atoms with Crippen LogP contribution in [0.5, 0.6) is 11.5 Å². The van der Waals surface area contributed by atoms with Crippen LogP contribution in [0.15, 0.2) is 42.5 Å². The van der Waals surface area contributed by atoms with Crippen LogP contribution in [0, 0.1) is 6.92 Å². The third-order valence-electron chi connectivity index (χ3n) is 5.71. The molecule has 0 atom stereocenters. The number of rotatable bonds is 12. The summed E-state index contributed by atoms with van der Waals surface area (Å²) >= 11 is 0. The van der Waals surface area contributed by atoms with Gasteiger partial charge < -0.3 is 9.47 Å². The van der Waals surface area contributed by atoms with E-state index in [-0.39, 0.29) is 0 Å². The maximum absolute atomic E-state index is 6.29. The summed E-state index contributed by atoms with van der Waals surface area (Å²) in [5.41, 5.74) is 1.19. The van der Waals surface area contributed by atoms with Gasteiger partial charge in [0.2, 0.25) is 0 Å². The molecule has 0 heterocycles. The summed E-state index contributed by atoms with van der Waals surface area (Å²) in [6.07, 6.45) is 9.66. The molecule has 0 spiro atoms. The van der Waals surface area contributed by atoms with Crippen molar-refractivity contribution in [2.75, 3.05) is 13.2 Å². The molecule has 0 saturated heterocycles. The zero-order chi connectivity index (χ0) is 20.5. The molecule has 0 unspecified atom stereocenters. The summed E-state index contributed by atoms with van der Waals surface area (Å²) < 4.78 is 12.6. The van der Waals surface area contributed by atoms with Crippen molar-refractivity contribution in [3.8, 4) is 11.5 Å². The Balaban J connectivity index is 1.90. The van der Waals surface area contributed by atoms with Crippen molar-refractivity contribution in [3.05, 3.63) is 48.0 Å². The molecule has 0 aliphatic carbocycles. The van der Waals surface area contributed by atoms with E-state index in [9.17, 15) is 0 Å². The molecule has 0 aliphatic rings. The molecule has 0 fully saturated rings. The zero-order valence-electron chi connectivity index (χ0n) is 18.4. The largest absolute Gasteiger partial charge is 0.490 e. The molecule has 0 amide bonds. The lowest BCUT2D eigenvalue weighted by Crippen LogP contribution is -2.04. The molecule has 156 valence electrons. The van der Waals surface area contributed by atoms with Gasteiger partial charge in [0.1, 0.15) is 0 Å². The van der Waals surface area contributed by atoms with Crippen molar-refractivity contribution in [2.24, 2.45) is 0 Å². The van der Waals surface area contributed by atoms with Crippen LogP contribution < -0.4 is 9.47 Å². The number of fused-ring (bicyclic) bond motifs is 3. The van der Waals surface area contributed by atoms with Crippen LogP contribution in [0.2, 0.25) is 0 Å². The Bertz CT molecular complexity index is 913. The number of hydrogen-bond donors (Lipinski definition) is 0. The monoisotopic (exact) mass is 392 g/mol. The van der Waals surface area contributed by atoms with Gasteiger partial charge in [-0.3, -0.25) is 0 Å². The standard InChI is InChI=1S/C27H36O2/c1-4-6-8-12-18-28-26-20-25-23(17-16-22-14-10-11-15-24(22)25)21(3)27(26)29-19-13-9-7-5-2/h10-11,14-17,20H,4-9,12-13,18-19H2,1-3H3. The molecule has 0 bridgehead atoms. The van der Waals surface area contributed by atoms with Crippen molar-refractivity contribution < 1.29 is 9.47 Å². The Hall–Kier alpha value is -2.22. The summed E-state index contributed by atoms with van der Waals surface area (Å²) in [6.45, 7) is 8.16. The van der Waals surface area contributed by atoms with Crippen molar-refractivity contribution in [1.82, 2.24) is 0 Å². The average Bonchev–Trinajstić information content (AvgIpc) is 2.75. The number of ether oxygens (including phenoxy) is 2. The second-order valence-electron chi connectivity index (χ2n) is 8.03. The van der Waals surface area contributed by atoms with Gasteiger partial charge in [-0.1, -0.05) is 88.8 Å². The first-order chi connectivity index (χ1) is 14.3. The Labute approximate surface area is 176 Å². The van der Waals surface area contributed by atoms with Gasteiger partial charge in [-0.2, -0.15) is 0 Å². The van der Waals surface area contributed by atoms with E-state index in [2.05, 4.69) is 63.2 Å². The predicted octanol–water partition coefficient (Wildman–Crippen LogP) is 8.22. The normalized spacial score (nSPS) is 11.3. The molecule has 3 aromatic rings. The number of unbranched alkanes of at least 4 members (excludes halogenated alkanes) is 6. The van der Waals surface area contributed by atoms with Gasteiger partial charge in [0, 0.05) is 5.56 Å². The molecule has 0 radical (unpaired) electrons. The molecule has 2 nitrogen and oxygen atoms in total. The Morgan fingerprint density at radius 2 is 1.34 bits per heavy atom. The van der Waals surface area contributed by atoms with E-state index in [1.54, 1.807) is 0 Å². The molecule has 0 N–H and O–H groups in total. The highest BCUT2D eigenvalue weighted by Crippen LogP contribution is 2.40. The fourth-order valence-corrected chi connectivity index (χ4v) is 3.98. The molecule has 2 heteroatoms. The Kier molecular flexibility index (Phi) is 8.22. The Morgan fingerprint density at radius 1 is 0.655 bits per heavy atom. The van der Waals surface area contributed by atoms with Gasteiger partial charge in [-0.05, 0) is 47.4 Å². The molecule has 3 aromatic carbocycles. The van der Waals surface area contributed by atoms with Crippen LogP contribution in [-0.2, 0) is 0 Å². The van der Waals surface area contributed by atoms with Gasteiger partial charge in [0.05, 0.1) is 13.2 Å². The van der Waals surface area contributed by atoms with Gasteiger partial charge in [-0.25, -0.2) is 0 Å². The molecule has 0 aromatic heterocycles. The summed E-state index contributed by atoms with van der Waals surface area (Å²) in [6, 6.07) is 15.2. The van der Waals surface area contributed by atoms with Crippen LogP contribution in [0.1, 0.15) is 70.8 Å². The van der Waals surface area contributed by atoms with E-state index in [0.29, 0.717) is 0 Å². The minimum Gasteiger partial charge on any atom is -0.490 e. The maximum atomic E-state index is 6.29. The van der Waals surface area contributed by atoms with Crippen LogP contribution in [0.4, 0.5) is 0 Å². The van der Waals surface area contributed by atoms with Crippen LogP contribution >= 0.6 is 0 Å². The third kappa shape index (κ3) is 5.44. The van der Waals surface area contributed by atoms with Gasteiger partial charge in [0.25, 0.3) is 0 Å².